The van der Waals surface area contributed by atoms with Crippen LogP contribution in [0.1, 0.15) is 0 Å². The van der Waals surface area contributed by atoms with Crippen molar-refractivity contribution in [3.05, 3.63) is 36.4 Å². The molecule has 0 amide bonds. The molecule has 0 saturated carbocycles. The van der Waals surface area contributed by atoms with Crippen LogP contribution in [0.15, 0.2) is 36.4 Å². The molecule has 1 heterocycles. The van der Waals surface area contributed by atoms with Crippen molar-refractivity contribution >= 4 is 15.7 Å². The van der Waals surface area contributed by atoms with E-state index in [1.807, 2.05) is 0 Å². The third-order valence-corrected chi connectivity index (χ3v) is 2.94. The lowest BCUT2D eigenvalue weighted by molar-refractivity contribution is 0.392. The molecule has 0 aliphatic rings. The number of nitrogens with one attached hydrogen (secondary N) is 1. The lowest BCUT2D eigenvalue weighted by atomic mass is 10.1. The Balaban J connectivity index is 2.22. The molecule has 1 aromatic heterocycles. The fraction of sp³-hybridized carbons (Fsp3) is 0.167. The molecular weight excluding hydrogens is 266 g/mol. The van der Waals surface area contributed by atoms with Crippen LogP contribution in [-0.4, -0.2) is 32.0 Å². The summed E-state index contributed by atoms with van der Waals surface area (Å²) in [6.45, 7) is 0. The van der Waals surface area contributed by atoms with Crippen LogP contribution in [0, 0.1) is 0 Å². The standard InChI is InChI=1S/C12H13N3O3S/c1-18-12-8-7-11(13-14-12)9-3-5-10(6-4-9)15-19(2,16)17/h3-8,15H,1-2H3. The Kier molecular flexibility index (Phi) is 3.66. The second kappa shape index (κ2) is 5.23. The van der Waals surface area contributed by atoms with E-state index in [0.717, 1.165) is 11.8 Å². The number of ether oxygens (including phenoxy) is 1. The SMILES string of the molecule is COc1ccc(-c2ccc(NS(C)(=O)=O)cc2)nn1. The van der Waals surface area contributed by atoms with Crippen molar-refractivity contribution in [2.45, 2.75) is 0 Å². The summed E-state index contributed by atoms with van der Waals surface area (Å²) in [5, 5.41) is 7.88. The molecule has 0 fully saturated rings. The minimum absolute atomic E-state index is 0.444. The third kappa shape index (κ3) is 3.65. The summed E-state index contributed by atoms with van der Waals surface area (Å²) in [5.74, 6) is 0.444. The summed E-state index contributed by atoms with van der Waals surface area (Å²) in [5.41, 5.74) is 2.04. The Morgan fingerprint density at radius 2 is 1.74 bits per heavy atom. The third-order valence-electron chi connectivity index (χ3n) is 2.33. The summed E-state index contributed by atoms with van der Waals surface area (Å²) in [4.78, 5) is 0. The highest BCUT2D eigenvalue weighted by atomic mass is 32.2. The van der Waals surface area contributed by atoms with Gasteiger partial charge in [-0.25, -0.2) is 8.42 Å². The number of hydrogen-bond acceptors (Lipinski definition) is 5. The first-order valence-electron chi connectivity index (χ1n) is 5.44. The molecule has 0 aliphatic carbocycles. The average molecular weight is 279 g/mol. The maximum absolute atomic E-state index is 11.1. The molecule has 0 radical (unpaired) electrons. The first-order chi connectivity index (χ1) is 8.98. The van der Waals surface area contributed by atoms with Crippen LogP contribution in [0.2, 0.25) is 0 Å². The monoisotopic (exact) mass is 279 g/mol. The molecule has 2 rings (SSSR count). The van der Waals surface area contributed by atoms with Crippen molar-refractivity contribution in [3.63, 3.8) is 0 Å². The van der Waals surface area contributed by atoms with Crippen LogP contribution in [-0.2, 0) is 10.0 Å². The second-order valence-corrected chi connectivity index (χ2v) is 5.66. The number of methoxy groups -OCH3 is 1. The minimum Gasteiger partial charge on any atom is -0.480 e. The smallest absolute Gasteiger partial charge is 0.233 e. The van der Waals surface area contributed by atoms with Crippen LogP contribution in [0.3, 0.4) is 0 Å². The van der Waals surface area contributed by atoms with Gasteiger partial charge in [0.25, 0.3) is 0 Å². The van der Waals surface area contributed by atoms with Gasteiger partial charge in [-0.05, 0) is 18.2 Å². The van der Waals surface area contributed by atoms with E-state index >= 15 is 0 Å². The van der Waals surface area contributed by atoms with Gasteiger partial charge in [0.1, 0.15) is 0 Å². The van der Waals surface area contributed by atoms with Gasteiger partial charge in [0, 0.05) is 17.3 Å². The van der Waals surface area contributed by atoms with E-state index in [-0.39, 0.29) is 0 Å². The van der Waals surface area contributed by atoms with E-state index in [4.69, 9.17) is 4.74 Å². The van der Waals surface area contributed by atoms with Crippen molar-refractivity contribution in [2.24, 2.45) is 0 Å². The Morgan fingerprint density at radius 3 is 2.21 bits per heavy atom. The zero-order valence-electron chi connectivity index (χ0n) is 10.5. The molecule has 0 spiro atoms. The van der Waals surface area contributed by atoms with Gasteiger partial charge in [0.05, 0.1) is 19.1 Å². The molecule has 0 bridgehead atoms. The molecule has 7 heteroatoms. The van der Waals surface area contributed by atoms with Crippen LogP contribution in [0.25, 0.3) is 11.3 Å². The first-order valence-corrected chi connectivity index (χ1v) is 7.33. The van der Waals surface area contributed by atoms with Crippen molar-refractivity contribution in [2.75, 3.05) is 18.1 Å². The Morgan fingerprint density at radius 1 is 1.05 bits per heavy atom. The molecular formula is C12H13N3O3S. The van der Waals surface area contributed by atoms with Gasteiger partial charge < -0.3 is 4.74 Å². The van der Waals surface area contributed by atoms with Gasteiger partial charge in [-0.1, -0.05) is 12.1 Å². The van der Waals surface area contributed by atoms with Crippen molar-refractivity contribution in [1.29, 1.82) is 0 Å². The summed E-state index contributed by atoms with van der Waals surface area (Å²) >= 11 is 0. The van der Waals surface area contributed by atoms with E-state index in [2.05, 4.69) is 14.9 Å². The number of anilines is 1. The van der Waals surface area contributed by atoms with Gasteiger partial charge in [-0.2, -0.15) is 0 Å². The molecule has 2 aromatic rings. The summed E-state index contributed by atoms with van der Waals surface area (Å²) < 4.78 is 29.5. The maximum atomic E-state index is 11.1. The molecule has 0 aliphatic heterocycles. The molecule has 0 atom stereocenters. The lowest BCUT2D eigenvalue weighted by Gasteiger charge is -2.05. The first kappa shape index (κ1) is 13.3. The van der Waals surface area contributed by atoms with Crippen LogP contribution < -0.4 is 9.46 Å². The van der Waals surface area contributed by atoms with Crippen molar-refractivity contribution in [1.82, 2.24) is 10.2 Å². The van der Waals surface area contributed by atoms with Crippen LogP contribution in [0.5, 0.6) is 5.88 Å². The Bertz CT molecular complexity index is 652. The second-order valence-electron chi connectivity index (χ2n) is 3.91. The predicted molar refractivity (Wildman–Crippen MR) is 72.5 cm³/mol. The van der Waals surface area contributed by atoms with Crippen molar-refractivity contribution < 1.29 is 13.2 Å². The summed E-state index contributed by atoms with van der Waals surface area (Å²) in [7, 11) is -1.74. The largest absolute Gasteiger partial charge is 0.480 e. The zero-order valence-corrected chi connectivity index (χ0v) is 11.3. The van der Waals surface area contributed by atoms with E-state index in [9.17, 15) is 8.42 Å². The van der Waals surface area contributed by atoms with Gasteiger partial charge in [-0.3, -0.25) is 4.72 Å². The number of sulfonamides is 1. The normalized spacial score (nSPS) is 11.1. The van der Waals surface area contributed by atoms with Gasteiger partial charge >= 0.3 is 0 Å². The van der Waals surface area contributed by atoms with E-state index in [0.29, 0.717) is 17.3 Å². The highest BCUT2D eigenvalue weighted by Crippen LogP contribution is 2.20. The maximum Gasteiger partial charge on any atom is 0.233 e. The molecule has 6 nitrogen and oxygen atoms in total. The van der Waals surface area contributed by atoms with E-state index < -0.39 is 10.0 Å². The fourth-order valence-electron chi connectivity index (χ4n) is 1.51. The molecule has 1 aromatic carbocycles. The molecule has 1 N–H and O–H groups in total. The summed E-state index contributed by atoms with van der Waals surface area (Å²) in [6.07, 6.45) is 1.11. The number of hydrogen-bond donors (Lipinski definition) is 1. The minimum atomic E-state index is -3.26. The van der Waals surface area contributed by atoms with Gasteiger partial charge in [0.2, 0.25) is 15.9 Å². The Labute approximate surface area is 111 Å². The number of benzene rings is 1. The van der Waals surface area contributed by atoms with E-state index in [1.54, 1.807) is 36.4 Å². The van der Waals surface area contributed by atoms with Crippen molar-refractivity contribution in [3.8, 4) is 17.1 Å². The Hall–Kier alpha value is -2.15. The van der Waals surface area contributed by atoms with Gasteiger partial charge in [-0.15, -0.1) is 10.2 Å². The lowest BCUT2D eigenvalue weighted by Crippen LogP contribution is -2.09. The average Bonchev–Trinajstić information content (AvgIpc) is 2.38. The van der Waals surface area contributed by atoms with Gasteiger partial charge in [0.15, 0.2) is 0 Å². The molecule has 0 saturated heterocycles. The number of rotatable bonds is 4. The number of aromatic nitrogens is 2. The zero-order chi connectivity index (χ0) is 13.9. The fourth-order valence-corrected chi connectivity index (χ4v) is 2.07. The quantitative estimate of drug-likeness (QED) is 0.917. The molecule has 19 heavy (non-hydrogen) atoms. The summed E-state index contributed by atoms with van der Waals surface area (Å²) in [6, 6.07) is 10.4. The van der Waals surface area contributed by atoms with Crippen LogP contribution >= 0.6 is 0 Å². The van der Waals surface area contributed by atoms with Crippen LogP contribution in [0.4, 0.5) is 5.69 Å². The topological polar surface area (TPSA) is 81.2 Å². The molecule has 100 valence electrons. The highest BCUT2D eigenvalue weighted by Gasteiger charge is 2.04. The van der Waals surface area contributed by atoms with E-state index in [1.165, 1.54) is 7.11 Å². The predicted octanol–water partition coefficient (Wildman–Crippen LogP) is 1.52. The molecule has 0 unspecified atom stereocenters. The number of nitrogens with zero attached hydrogens (tertiary/aromatic N) is 2. The highest BCUT2D eigenvalue weighted by molar-refractivity contribution is 7.92.